The number of nitrogens with two attached hydrogens (primary N) is 1. The summed E-state index contributed by atoms with van der Waals surface area (Å²) >= 11 is 0. The molecule has 0 aromatic rings. The van der Waals surface area contributed by atoms with E-state index in [1.165, 1.54) is 25.7 Å². The van der Waals surface area contributed by atoms with Crippen LogP contribution in [0.4, 0.5) is 0 Å². The molecule has 0 aromatic heterocycles. The quantitative estimate of drug-likeness (QED) is 0.706. The Balaban J connectivity index is 2.25. The SMILES string of the molecule is CC(C)CCCOC1(CN)CCC(C)CC1. The van der Waals surface area contributed by atoms with Crippen LogP contribution in [-0.4, -0.2) is 18.8 Å². The van der Waals surface area contributed by atoms with Gasteiger partial charge in [-0.15, -0.1) is 0 Å². The van der Waals surface area contributed by atoms with Gasteiger partial charge in [-0.05, 0) is 50.4 Å². The van der Waals surface area contributed by atoms with Crippen LogP contribution in [0.1, 0.15) is 59.3 Å². The van der Waals surface area contributed by atoms with Gasteiger partial charge in [-0.25, -0.2) is 0 Å². The molecule has 2 nitrogen and oxygen atoms in total. The Hall–Kier alpha value is -0.0800. The standard InChI is InChI=1S/C14H29NO/c1-12(2)5-4-10-16-14(11-15)8-6-13(3)7-9-14/h12-13H,4-11,15H2,1-3H3. The van der Waals surface area contributed by atoms with Crippen molar-refractivity contribution in [1.29, 1.82) is 0 Å². The first-order chi connectivity index (χ1) is 7.58. The molecule has 1 rings (SSSR count). The van der Waals surface area contributed by atoms with Crippen LogP contribution in [0, 0.1) is 11.8 Å². The molecule has 16 heavy (non-hydrogen) atoms. The van der Waals surface area contributed by atoms with Gasteiger partial charge in [0.25, 0.3) is 0 Å². The molecule has 0 amide bonds. The van der Waals surface area contributed by atoms with Gasteiger partial charge in [0.2, 0.25) is 0 Å². The molecule has 0 atom stereocenters. The number of hydrogen-bond donors (Lipinski definition) is 1. The highest BCUT2D eigenvalue weighted by molar-refractivity contribution is 4.87. The van der Waals surface area contributed by atoms with Crippen LogP contribution in [0.5, 0.6) is 0 Å². The lowest BCUT2D eigenvalue weighted by Gasteiger charge is -2.38. The lowest BCUT2D eigenvalue weighted by Crippen LogP contribution is -2.44. The van der Waals surface area contributed by atoms with Gasteiger partial charge in [-0.3, -0.25) is 0 Å². The highest BCUT2D eigenvalue weighted by atomic mass is 16.5. The molecule has 1 fully saturated rings. The van der Waals surface area contributed by atoms with Crippen molar-refractivity contribution in [2.24, 2.45) is 17.6 Å². The van der Waals surface area contributed by atoms with Crippen LogP contribution < -0.4 is 5.73 Å². The van der Waals surface area contributed by atoms with Gasteiger partial charge in [-0.1, -0.05) is 20.8 Å². The van der Waals surface area contributed by atoms with E-state index in [2.05, 4.69) is 20.8 Å². The van der Waals surface area contributed by atoms with Crippen LogP contribution >= 0.6 is 0 Å². The van der Waals surface area contributed by atoms with E-state index in [-0.39, 0.29) is 5.60 Å². The maximum absolute atomic E-state index is 6.09. The van der Waals surface area contributed by atoms with Crippen molar-refractivity contribution in [2.45, 2.75) is 64.9 Å². The Labute approximate surface area is 101 Å². The second kappa shape index (κ2) is 6.61. The predicted molar refractivity (Wildman–Crippen MR) is 69.4 cm³/mol. The Morgan fingerprint density at radius 2 is 1.94 bits per heavy atom. The van der Waals surface area contributed by atoms with Gasteiger partial charge >= 0.3 is 0 Å². The molecular weight excluding hydrogens is 198 g/mol. The Kier molecular flexibility index (Phi) is 5.77. The summed E-state index contributed by atoms with van der Waals surface area (Å²) in [7, 11) is 0. The van der Waals surface area contributed by atoms with E-state index in [1.807, 2.05) is 0 Å². The fraction of sp³-hybridized carbons (Fsp3) is 1.00. The largest absolute Gasteiger partial charge is 0.374 e. The molecule has 0 aromatic carbocycles. The van der Waals surface area contributed by atoms with Gasteiger partial charge in [0.05, 0.1) is 5.60 Å². The van der Waals surface area contributed by atoms with Gasteiger partial charge in [-0.2, -0.15) is 0 Å². The zero-order valence-corrected chi connectivity index (χ0v) is 11.3. The van der Waals surface area contributed by atoms with E-state index >= 15 is 0 Å². The molecule has 1 saturated carbocycles. The summed E-state index contributed by atoms with van der Waals surface area (Å²) in [6.45, 7) is 8.45. The van der Waals surface area contributed by atoms with Crippen molar-refractivity contribution >= 4 is 0 Å². The summed E-state index contributed by atoms with van der Waals surface area (Å²) in [4.78, 5) is 0. The van der Waals surface area contributed by atoms with E-state index in [0.717, 1.165) is 31.3 Å². The van der Waals surface area contributed by atoms with E-state index in [9.17, 15) is 0 Å². The minimum atomic E-state index is 0.0174. The molecule has 1 aliphatic carbocycles. The lowest BCUT2D eigenvalue weighted by atomic mass is 9.79. The van der Waals surface area contributed by atoms with Crippen LogP contribution in [0.25, 0.3) is 0 Å². The molecular formula is C14H29NO. The summed E-state index contributed by atoms with van der Waals surface area (Å²) in [5.74, 6) is 1.64. The Morgan fingerprint density at radius 3 is 2.44 bits per heavy atom. The minimum absolute atomic E-state index is 0.0174. The van der Waals surface area contributed by atoms with Crippen LogP contribution in [0.3, 0.4) is 0 Å². The van der Waals surface area contributed by atoms with E-state index in [0.29, 0.717) is 6.54 Å². The van der Waals surface area contributed by atoms with Gasteiger partial charge in [0, 0.05) is 13.2 Å². The summed E-state index contributed by atoms with van der Waals surface area (Å²) in [6.07, 6.45) is 7.31. The molecule has 0 spiro atoms. The third-order valence-corrected chi connectivity index (χ3v) is 3.89. The molecule has 2 N–H and O–H groups in total. The summed E-state index contributed by atoms with van der Waals surface area (Å²) < 4.78 is 6.09. The van der Waals surface area contributed by atoms with Gasteiger partial charge < -0.3 is 10.5 Å². The number of hydrogen-bond acceptors (Lipinski definition) is 2. The minimum Gasteiger partial charge on any atom is -0.374 e. The first kappa shape index (κ1) is 14.0. The van der Waals surface area contributed by atoms with Crippen molar-refractivity contribution in [3.8, 4) is 0 Å². The molecule has 1 aliphatic rings. The highest BCUT2D eigenvalue weighted by Crippen LogP contribution is 2.34. The van der Waals surface area contributed by atoms with E-state index < -0.39 is 0 Å². The van der Waals surface area contributed by atoms with Crippen molar-refractivity contribution in [3.05, 3.63) is 0 Å². The third kappa shape index (κ3) is 4.42. The van der Waals surface area contributed by atoms with E-state index in [4.69, 9.17) is 10.5 Å². The first-order valence-electron chi connectivity index (χ1n) is 6.92. The molecule has 0 heterocycles. The fourth-order valence-corrected chi connectivity index (χ4v) is 2.48. The molecule has 0 radical (unpaired) electrons. The number of ether oxygens (including phenoxy) is 1. The highest BCUT2D eigenvalue weighted by Gasteiger charge is 2.33. The van der Waals surface area contributed by atoms with Crippen molar-refractivity contribution < 1.29 is 4.74 Å². The molecule has 96 valence electrons. The second-order valence-corrected chi connectivity index (χ2v) is 5.95. The lowest BCUT2D eigenvalue weighted by molar-refractivity contribution is -0.0716. The Morgan fingerprint density at radius 1 is 1.31 bits per heavy atom. The average Bonchev–Trinajstić information content (AvgIpc) is 2.27. The first-order valence-corrected chi connectivity index (χ1v) is 6.92. The molecule has 2 heteroatoms. The van der Waals surface area contributed by atoms with E-state index in [1.54, 1.807) is 0 Å². The van der Waals surface area contributed by atoms with Crippen molar-refractivity contribution in [2.75, 3.05) is 13.2 Å². The van der Waals surface area contributed by atoms with Crippen LogP contribution in [0.15, 0.2) is 0 Å². The van der Waals surface area contributed by atoms with Crippen LogP contribution in [0.2, 0.25) is 0 Å². The van der Waals surface area contributed by atoms with Crippen molar-refractivity contribution in [1.82, 2.24) is 0 Å². The summed E-state index contributed by atoms with van der Waals surface area (Å²) in [6, 6.07) is 0. The zero-order chi connectivity index (χ0) is 12.0. The number of rotatable bonds is 6. The molecule has 0 bridgehead atoms. The summed E-state index contributed by atoms with van der Waals surface area (Å²) in [5.41, 5.74) is 5.92. The topological polar surface area (TPSA) is 35.2 Å². The fourth-order valence-electron chi connectivity index (χ4n) is 2.48. The zero-order valence-electron chi connectivity index (χ0n) is 11.3. The molecule has 0 unspecified atom stereocenters. The predicted octanol–water partition coefficient (Wildman–Crippen LogP) is 3.35. The second-order valence-electron chi connectivity index (χ2n) is 5.95. The maximum Gasteiger partial charge on any atom is 0.0804 e. The monoisotopic (exact) mass is 227 g/mol. The molecule has 0 aliphatic heterocycles. The van der Waals surface area contributed by atoms with Gasteiger partial charge in [0.15, 0.2) is 0 Å². The Bertz CT molecular complexity index is 183. The average molecular weight is 227 g/mol. The third-order valence-electron chi connectivity index (χ3n) is 3.89. The maximum atomic E-state index is 6.09. The van der Waals surface area contributed by atoms with Crippen molar-refractivity contribution in [3.63, 3.8) is 0 Å². The molecule has 0 saturated heterocycles. The normalized spacial score (nSPS) is 30.9. The summed E-state index contributed by atoms with van der Waals surface area (Å²) in [5, 5.41) is 0. The smallest absolute Gasteiger partial charge is 0.0804 e. The van der Waals surface area contributed by atoms with Crippen LogP contribution in [-0.2, 0) is 4.74 Å². The van der Waals surface area contributed by atoms with Gasteiger partial charge in [0.1, 0.15) is 0 Å².